The fraction of sp³-hybridized carbons (Fsp3) is 0. The molecule has 5 nitrogen and oxygen atoms in total. The summed E-state index contributed by atoms with van der Waals surface area (Å²) >= 11 is 0. The molecule has 3 aromatic rings. The normalized spacial score (nSPS) is 10.3. The number of carbonyl (C=O) groups is 1. The van der Waals surface area contributed by atoms with Crippen LogP contribution >= 0.6 is 0 Å². The fourth-order valence-corrected chi connectivity index (χ4v) is 2.15. The van der Waals surface area contributed by atoms with E-state index in [0.717, 1.165) is 11.1 Å². The highest BCUT2D eigenvalue weighted by Gasteiger charge is 2.19. The lowest BCUT2D eigenvalue weighted by molar-refractivity contribution is 0.100. The summed E-state index contributed by atoms with van der Waals surface area (Å²) < 4.78 is 0. The standard InChI is InChI=1S/C16H12N4O/c17-16(21)13-14(11-7-3-1-4-8-11)18-20-19-15(13)12-9-5-2-6-10-12/h1-10H,(H2,17,21). The molecule has 0 saturated heterocycles. The Hall–Kier alpha value is -3.08. The highest BCUT2D eigenvalue weighted by Crippen LogP contribution is 2.27. The van der Waals surface area contributed by atoms with Crippen LogP contribution in [0.25, 0.3) is 22.5 Å². The summed E-state index contributed by atoms with van der Waals surface area (Å²) in [7, 11) is 0. The predicted molar refractivity (Wildman–Crippen MR) is 79.2 cm³/mol. The Morgan fingerprint density at radius 1 is 0.762 bits per heavy atom. The summed E-state index contributed by atoms with van der Waals surface area (Å²) in [6.07, 6.45) is 0. The van der Waals surface area contributed by atoms with Crippen LogP contribution in [0.3, 0.4) is 0 Å². The van der Waals surface area contributed by atoms with Crippen molar-refractivity contribution in [2.45, 2.75) is 0 Å². The van der Waals surface area contributed by atoms with Crippen LogP contribution in [0.4, 0.5) is 0 Å². The molecule has 0 unspecified atom stereocenters. The van der Waals surface area contributed by atoms with Crippen molar-refractivity contribution in [3.05, 3.63) is 66.2 Å². The minimum Gasteiger partial charge on any atom is -0.365 e. The molecule has 21 heavy (non-hydrogen) atoms. The Balaban J connectivity index is 2.26. The average Bonchev–Trinajstić information content (AvgIpc) is 2.55. The number of hydrogen-bond donors (Lipinski definition) is 1. The van der Waals surface area contributed by atoms with E-state index in [4.69, 9.17) is 5.73 Å². The largest absolute Gasteiger partial charge is 0.365 e. The molecular weight excluding hydrogens is 264 g/mol. The van der Waals surface area contributed by atoms with Crippen LogP contribution in [-0.2, 0) is 0 Å². The second kappa shape index (κ2) is 5.50. The number of carbonyl (C=O) groups excluding carboxylic acids is 1. The average molecular weight is 276 g/mol. The van der Waals surface area contributed by atoms with Gasteiger partial charge < -0.3 is 5.73 Å². The van der Waals surface area contributed by atoms with E-state index in [9.17, 15) is 4.79 Å². The van der Waals surface area contributed by atoms with Gasteiger partial charge in [-0.05, 0) is 5.21 Å². The number of hydrogen-bond acceptors (Lipinski definition) is 4. The van der Waals surface area contributed by atoms with Gasteiger partial charge in [-0.15, -0.1) is 10.2 Å². The van der Waals surface area contributed by atoms with Gasteiger partial charge in [0.25, 0.3) is 5.91 Å². The van der Waals surface area contributed by atoms with Crippen molar-refractivity contribution in [1.82, 2.24) is 15.4 Å². The number of nitrogens with zero attached hydrogens (tertiary/aromatic N) is 3. The van der Waals surface area contributed by atoms with Crippen LogP contribution in [0.15, 0.2) is 60.7 Å². The second-order valence-electron chi connectivity index (χ2n) is 4.46. The van der Waals surface area contributed by atoms with Gasteiger partial charge in [-0.1, -0.05) is 60.7 Å². The summed E-state index contributed by atoms with van der Waals surface area (Å²) in [6, 6.07) is 18.6. The third-order valence-corrected chi connectivity index (χ3v) is 3.10. The van der Waals surface area contributed by atoms with E-state index < -0.39 is 5.91 Å². The van der Waals surface area contributed by atoms with Gasteiger partial charge in [0.15, 0.2) is 0 Å². The van der Waals surface area contributed by atoms with Crippen molar-refractivity contribution in [2.75, 3.05) is 0 Å². The summed E-state index contributed by atoms with van der Waals surface area (Å²) in [6.45, 7) is 0. The van der Waals surface area contributed by atoms with Crippen LogP contribution in [-0.4, -0.2) is 21.3 Å². The smallest absolute Gasteiger partial charge is 0.253 e. The van der Waals surface area contributed by atoms with Crippen molar-refractivity contribution in [1.29, 1.82) is 0 Å². The molecule has 0 aliphatic rings. The van der Waals surface area contributed by atoms with Gasteiger partial charge in [0, 0.05) is 11.1 Å². The number of primary amides is 1. The highest BCUT2D eigenvalue weighted by molar-refractivity contribution is 6.04. The summed E-state index contributed by atoms with van der Waals surface area (Å²) in [5, 5.41) is 11.8. The highest BCUT2D eigenvalue weighted by atomic mass is 16.1. The first-order chi connectivity index (χ1) is 10.3. The van der Waals surface area contributed by atoms with E-state index in [1.54, 1.807) is 0 Å². The molecule has 3 rings (SSSR count). The number of amides is 1. The van der Waals surface area contributed by atoms with Gasteiger partial charge in [0.2, 0.25) is 0 Å². The second-order valence-corrected chi connectivity index (χ2v) is 4.46. The van der Waals surface area contributed by atoms with Gasteiger partial charge in [0.1, 0.15) is 11.4 Å². The molecule has 0 aliphatic heterocycles. The van der Waals surface area contributed by atoms with E-state index in [1.807, 2.05) is 60.7 Å². The molecule has 1 amide bonds. The quantitative estimate of drug-likeness (QED) is 0.795. The van der Waals surface area contributed by atoms with Crippen LogP contribution in [0, 0.1) is 0 Å². The molecule has 0 radical (unpaired) electrons. The van der Waals surface area contributed by atoms with Gasteiger partial charge in [-0.2, -0.15) is 0 Å². The van der Waals surface area contributed by atoms with E-state index in [-0.39, 0.29) is 5.56 Å². The zero-order valence-electron chi connectivity index (χ0n) is 11.1. The van der Waals surface area contributed by atoms with Crippen molar-refractivity contribution < 1.29 is 4.79 Å². The summed E-state index contributed by atoms with van der Waals surface area (Å²) in [5.41, 5.74) is 8.26. The number of nitrogens with two attached hydrogens (primary N) is 1. The Bertz CT molecular complexity index is 715. The predicted octanol–water partition coefficient (Wildman–Crippen LogP) is 2.30. The van der Waals surface area contributed by atoms with E-state index >= 15 is 0 Å². The Labute approximate surface area is 121 Å². The molecule has 5 heteroatoms. The zero-order chi connectivity index (χ0) is 14.7. The third-order valence-electron chi connectivity index (χ3n) is 3.10. The lowest BCUT2D eigenvalue weighted by Gasteiger charge is -2.09. The maximum absolute atomic E-state index is 11.9. The molecule has 0 spiro atoms. The first-order valence-electron chi connectivity index (χ1n) is 6.41. The van der Waals surface area contributed by atoms with Crippen molar-refractivity contribution in [3.8, 4) is 22.5 Å². The Kier molecular flexibility index (Phi) is 3.39. The minimum atomic E-state index is -0.574. The molecule has 0 fully saturated rings. The maximum atomic E-state index is 11.9. The number of aromatic nitrogens is 3. The molecule has 1 aromatic heterocycles. The van der Waals surface area contributed by atoms with Crippen LogP contribution in [0.5, 0.6) is 0 Å². The first-order valence-corrected chi connectivity index (χ1v) is 6.41. The zero-order valence-corrected chi connectivity index (χ0v) is 11.1. The molecule has 0 aliphatic carbocycles. The first kappa shape index (κ1) is 12.9. The van der Waals surface area contributed by atoms with Crippen molar-refractivity contribution in [3.63, 3.8) is 0 Å². The monoisotopic (exact) mass is 276 g/mol. The molecule has 0 atom stereocenters. The molecular formula is C16H12N4O. The maximum Gasteiger partial charge on any atom is 0.253 e. The van der Waals surface area contributed by atoms with Crippen molar-refractivity contribution in [2.24, 2.45) is 5.73 Å². The van der Waals surface area contributed by atoms with Crippen molar-refractivity contribution >= 4 is 5.91 Å². The molecule has 0 saturated carbocycles. The van der Waals surface area contributed by atoms with Gasteiger partial charge in [-0.3, -0.25) is 4.79 Å². The third kappa shape index (κ3) is 2.49. The fourth-order valence-electron chi connectivity index (χ4n) is 2.15. The van der Waals surface area contributed by atoms with Crippen LogP contribution in [0.2, 0.25) is 0 Å². The number of benzene rings is 2. The van der Waals surface area contributed by atoms with Crippen LogP contribution in [0.1, 0.15) is 10.4 Å². The van der Waals surface area contributed by atoms with E-state index in [2.05, 4.69) is 15.4 Å². The molecule has 2 N–H and O–H groups in total. The SMILES string of the molecule is NC(=O)c1c(-c2ccccc2)nnnc1-c1ccccc1. The Morgan fingerprint density at radius 3 is 1.57 bits per heavy atom. The van der Waals surface area contributed by atoms with Gasteiger partial charge >= 0.3 is 0 Å². The van der Waals surface area contributed by atoms with Gasteiger partial charge in [-0.25, -0.2) is 0 Å². The van der Waals surface area contributed by atoms with Crippen LogP contribution < -0.4 is 5.73 Å². The molecule has 0 bridgehead atoms. The topological polar surface area (TPSA) is 81.8 Å². The van der Waals surface area contributed by atoms with Gasteiger partial charge in [0.05, 0.1) is 5.56 Å². The summed E-state index contributed by atoms with van der Waals surface area (Å²) in [4.78, 5) is 11.9. The van der Waals surface area contributed by atoms with E-state index in [1.165, 1.54) is 0 Å². The summed E-state index contributed by atoms with van der Waals surface area (Å²) in [5.74, 6) is -0.574. The molecule has 1 heterocycles. The molecule has 102 valence electrons. The minimum absolute atomic E-state index is 0.280. The molecule has 2 aromatic carbocycles. The lowest BCUT2D eigenvalue weighted by atomic mass is 10.0. The lowest BCUT2D eigenvalue weighted by Crippen LogP contribution is -2.17. The number of rotatable bonds is 3. The van der Waals surface area contributed by atoms with E-state index in [0.29, 0.717) is 11.4 Å². The Morgan fingerprint density at radius 2 is 1.19 bits per heavy atom.